The fourth-order valence-electron chi connectivity index (χ4n) is 1.98. The van der Waals surface area contributed by atoms with Gasteiger partial charge in [-0.25, -0.2) is 17.6 Å². The number of amides is 1. The van der Waals surface area contributed by atoms with Crippen molar-refractivity contribution in [2.75, 3.05) is 0 Å². The molecule has 0 saturated carbocycles. The zero-order chi connectivity index (χ0) is 18.6. The summed E-state index contributed by atoms with van der Waals surface area (Å²) in [5.74, 6) is -8.57. The van der Waals surface area contributed by atoms with Crippen molar-refractivity contribution in [1.82, 2.24) is 5.32 Å². The number of ketones is 1. The van der Waals surface area contributed by atoms with Crippen molar-refractivity contribution in [3.63, 3.8) is 0 Å². The minimum absolute atomic E-state index is 0.0322. The number of rotatable bonds is 5. The van der Waals surface area contributed by atoms with Gasteiger partial charge in [0, 0.05) is 6.54 Å². The zero-order valence-corrected chi connectivity index (χ0v) is 13.1. The molecule has 1 amide bonds. The highest BCUT2D eigenvalue weighted by Crippen LogP contribution is 2.18. The Balaban J connectivity index is 2.07. The quantitative estimate of drug-likeness (QED) is 0.386. The molecule has 0 fully saturated rings. The standard InChI is InChI=1S/C18H13F4NO2/c1-10(24)2-3-11-4-6-12(7-5-11)9-23-18(25)13-8-14(19)16(21)17(22)15(13)20/h2-8H,9H2,1H3,(H,23,25)/b3-2+. The minimum atomic E-state index is -2.04. The summed E-state index contributed by atoms with van der Waals surface area (Å²) in [5, 5.41) is 2.29. The van der Waals surface area contributed by atoms with E-state index < -0.39 is 34.7 Å². The Morgan fingerprint density at radius 3 is 2.24 bits per heavy atom. The molecule has 0 atom stereocenters. The van der Waals surface area contributed by atoms with Crippen LogP contribution in [0.3, 0.4) is 0 Å². The second-order valence-corrected chi connectivity index (χ2v) is 5.22. The van der Waals surface area contributed by atoms with Gasteiger partial charge in [0.05, 0.1) is 5.56 Å². The molecule has 25 heavy (non-hydrogen) atoms. The molecular formula is C18H13F4NO2. The first-order valence-electron chi connectivity index (χ1n) is 7.18. The summed E-state index contributed by atoms with van der Waals surface area (Å²) in [4.78, 5) is 22.7. The summed E-state index contributed by atoms with van der Waals surface area (Å²) in [6, 6.07) is 7.00. The van der Waals surface area contributed by atoms with E-state index in [1.54, 1.807) is 30.3 Å². The Bertz CT molecular complexity index is 845. The van der Waals surface area contributed by atoms with Gasteiger partial charge in [0.25, 0.3) is 5.91 Å². The first-order valence-corrected chi connectivity index (χ1v) is 7.18. The fourth-order valence-corrected chi connectivity index (χ4v) is 1.98. The van der Waals surface area contributed by atoms with Crippen molar-refractivity contribution in [2.24, 2.45) is 0 Å². The smallest absolute Gasteiger partial charge is 0.254 e. The van der Waals surface area contributed by atoms with Crippen molar-refractivity contribution in [1.29, 1.82) is 0 Å². The first kappa shape index (κ1) is 18.4. The van der Waals surface area contributed by atoms with E-state index >= 15 is 0 Å². The van der Waals surface area contributed by atoms with Gasteiger partial charge in [-0.2, -0.15) is 0 Å². The molecule has 130 valence electrons. The highest BCUT2D eigenvalue weighted by Gasteiger charge is 2.22. The molecule has 0 heterocycles. The number of hydrogen-bond donors (Lipinski definition) is 1. The van der Waals surface area contributed by atoms with Crippen molar-refractivity contribution < 1.29 is 27.2 Å². The lowest BCUT2D eigenvalue weighted by atomic mass is 10.1. The van der Waals surface area contributed by atoms with Gasteiger partial charge >= 0.3 is 0 Å². The topological polar surface area (TPSA) is 46.2 Å². The molecule has 0 spiro atoms. The summed E-state index contributed by atoms with van der Waals surface area (Å²) in [7, 11) is 0. The van der Waals surface area contributed by atoms with Crippen LogP contribution in [0.2, 0.25) is 0 Å². The zero-order valence-electron chi connectivity index (χ0n) is 13.1. The Kier molecular flexibility index (Phi) is 5.69. The molecule has 0 radical (unpaired) electrons. The van der Waals surface area contributed by atoms with Gasteiger partial charge in [0.15, 0.2) is 29.1 Å². The Morgan fingerprint density at radius 2 is 1.64 bits per heavy atom. The molecular weight excluding hydrogens is 338 g/mol. The highest BCUT2D eigenvalue weighted by atomic mass is 19.2. The average Bonchev–Trinajstić information content (AvgIpc) is 2.60. The van der Waals surface area contributed by atoms with Crippen molar-refractivity contribution in [2.45, 2.75) is 13.5 Å². The number of nitrogens with one attached hydrogen (secondary N) is 1. The molecule has 0 saturated heterocycles. The lowest BCUT2D eigenvalue weighted by Gasteiger charge is -2.08. The lowest BCUT2D eigenvalue weighted by molar-refractivity contribution is -0.112. The SMILES string of the molecule is CC(=O)/C=C/c1ccc(CNC(=O)c2cc(F)c(F)c(F)c2F)cc1. The maximum Gasteiger partial charge on any atom is 0.254 e. The molecule has 0 unspecified atom stereocenters. The number of halogens is 4. The largest absolute Gasteiger partial charge is 0.348 e. The van der Waals surface area contributed by atoms with Gasteiger partial charge in [-0.15, -0.1) is 0 Å². The summed E-state index contributed by atoms with van der Waals surface area (Å²) < 4.78 is 52.7. The monoisotopic (exact) mass is 351 g/mol. The highest BCUT2D eigenvalue weighted by molar-refractivity contribution is 5.94. The van der Waals surface area contributed by atoms with Crippen molar-refractivity contribution in [3.05, 3.63) is 76.4 Å². The predicted molar refractivity (Wildman–Crippen MR) is 83.6 cm³/mol. The normalized spacial score (nSPS) is 10.9. The number of carbonyl (C=O) groups is 2. The molecule has 0 aliphatic heterocycles. The predicted octanol–water partition coefficient (Wildman–Crippen LogP) is 3.78. The van der Waals surface area contributed by atoms with Crippen LogP contribution in [0.4, 0.5) is 17.6 Å². The van der Waals surface area contributed by atoms with Crippen LogP contribution < -0.4 is 5.32 Å². The maximum atomic E-state index is 13.5. The van der Waals surface area contributed by atoms with Crippen LogP contribution in [0.1, 0.15) is 28.4 Å². The molecule has 2 rings (SSSR count). The second kappa shape index (κ2) is 7.74. The van der Waals surface area contributed by atoms with Gasteiger partial charge in [-0.3, -0.25) is 9.59 Å². The summed E-state index contributed by atoms with van der Waals surface area (Å²) in [5.41, 5.74) is 0.480. The Hall–Kier alpha value is -2.96. The molecule has 2 aromatic rings. The van der Waals surface area contributed by atoms with Crippen LogP contribution in [-0.4, -0.2) is 11.7 Å². The van der Waals surface area contributed by atoms with Gasteiger partial charge in [-0.05, 0) is 30.2 Å². The number of carbonyl (C=O) groups excluding carboxylic acids is 2. The lowest BCUT2D eigenvalue weighted by Crippen LogP contribution is -2.24. The molecule has 0 aliphatic rings. The molecule has 0 aliphatic carbocycles. The Morgan fingerprint density at radius 1 is 1.00 bits per heavy atom. The molecule has 2 aromatic carbocycles. The van der Waals surface area contributed by atoms with E-state index in [2.05, 4.69) is 5.32 Å². The molecule has 3 nitrogen and oxygen atoms in total. The number of allylic oxidation sites excluding steroid dienone is 1. The third-order valence-corrected chi connectivity index (χ3v) is 3.29. The third kappa shape index (κ3) is 4.53. The van der Waals surface area contributed by atoms with Gasteiger partial charge in [0.1, 0.15) is 0 Å². The Labute approximate surface area is 141 Å². The van der Waals surface area contributed by atoms with E-state index in [9.17, 15) is 27.2 Å². The van der Waals surface area contributed by atoms with Crippen LogP contribution in [0.25, 0.3) is 6.08 Å². The first-order chi connectivity index (χ1) is 11.8. The molecule has 1 N–H and O–H groups in total. The third-order valence-electron chi connectivity index (χ3n) is 3.29. The van der Waals surface area contributed by atoms with Crippen molar-refractivity contribution in [3.8, 4) is 0 Å². The number of hydrogen-bond acceptors (Lipinski definition) is 2. The molecule has 0 aromatic heterocycles. The van der Waals surface area contributed by atoms with Crippen LogP contribution >= 0.6 is 0 Å². The van der Waals surface area contributed by atoms with Gasteiger partial charge < -0.3 is 5.32 Å². The second-order valence-electron chi connectivity index (χ2n) is 5.22. The van der Waals surface area contributed by atoms with Crippen molar-refractivity contribution >= 4 is 17.8 Å². The van der Waals surface area contributed by atoms with Gasteiger partial charge in [-0.1, -0.05) is 30.3 Å². The summed E-state index contributed by atoms with van der Waals surface area (Å²) >= 11 is 0. The molecule has 7 heteroatoms. The van der Waals surface area contributed by atoms with Crippen LogP contribution in [0.5, 0.6) is 0 Å². The minimum Gasteiger partial charge on any atom is -0.348 e. The van der Waals surface area contributed by atoms with Crippen LogP contribution in [0, 0.1) is 23.3 Å². The average molecular weight is 351 g/mol. The maximum absolute atomic E-state index is 13.5. The van der Waals surface area contributed by atoms with Crippen LogP contribution in [-0.2, 0) is 11.3 Å². The van der Waals surface area contributed by atoms with E-state index in [0.717, 1.165) is 5.56 Å². The van der Waals surface area contributed by atoms with E-state index in [0.29, 0.717) is 11.6 Å². The van der Waals surface area contributed by atoms with Gasteiger partial charge in [0.2, 0.25) is 0 Å². The van der Waals surface area contributed by atoms with Crippen LogP contribution in [0.15, 0.2) is 36.4 Å². The van der Waals surface area contributed by atoms with E-state index in [1.165, 1.54) is 13.0 Å². The van der Waals surface area contributed by atoms with E-state index in [1.807, 2.05) is 0 Å². The molecule has 0 bridgehead atoms. The van der Waals surface area contributed by atoms with E-state index in [-0.39, 0.29) is 12.3 Å². The number of benzene rings is 2. The summed E-state index contributed by atoms with van der Waals surface area (Å²) in [6.07, 6.45) is 3.02. The fraction of sp³-hybridized carbons (Fsp3) is 0.111. The van der Waals surface area contributed by atoms with E-state index in [4.69, 9.17) is 0 Å². The summed E-state index contributed by atoms with van der Waals surface area (Å²) in [6.45, 7) is 1.39.